The first-order valence-electron chi connectivity index (χ1n) is 9.32. The molecule has 0 atom stereocenters. The smallest absolute Gasteiger partial charge is 0.286 e. The molecule has 0 saturated carbocycles. The van der Waals surface area contributed by atoms with Crippen molar-refractivity contribution in [2.75, 3.05) is 11.9 Å². The van der Waals surface area contributed by atoms with Crippen molar-refractivity contribution < 1.29 is 17.9 Å². The van der Waals surface area contributed by atoms with Gasteiger partial charge in [0.15, 0.2) is 17.3 Å². The summed E-state index contributed by atoms with van der Waals surface area (Å²) in [6.45, 7) is 2.61. The number of para-hydroxylation sites is 1. The molecule has 0 fully saturated rings. The van der Waals surface area contributed by atoms with Crippen molar-refractivity contribution in [3.8, 4) is 11.5 Å². The predicted molar refractivity (Wildman–Crippen MR) is 117 cm³/mol. The first kappa shape index (κ1) is 20.3. The standard InChI is InChI=1S/C22H19ClN2O4S/c1-2-28-20-13-16(10-11-19(20)29-14-15-6-5-7-17(23)12-15)22-24-18-8-3-4-9-21(18)30(26,27)25-22/h3-13H,2,14H2,1H3,(H,24,25). The van der Waals surface area contributed by atoms with Gasteiger partial charge in [-0.15, -0.1) is 4.40 Å². The van der Waals surface area contributed by atoms with E-state index in [1.54, 1.807) is 42.5 Å². The summed E-state index contributed by atoms with van der Waals surface area (Å²) in [6, 6.07) is 19.3. The maximum atomic E-state index is 12.5. The lowest BCUT2D eigenvalue weighted by Gasteiger charge is -2.19. The topological polar surface area (TPSA) is 77.0 Å². The van der Waals surface area contributed by atoms with E-state index in [1.165, 1.54) is 6.07 Å². The minimum atomic E-state index is -3.78. The van der Waals surface area contributed by atoms with Gasteiger partial charge in [-0.25, -0.2) is 0 Å². The van der Waals surface area contributed by atoms with E-state index in [0.717, 1.165) is 5.56 Å². The predicted octanol–water partition coefficient (Wildman–Crippen LogP) is 4.88. The molecule has 0 radical (unpaired) electrons. The molecule has 3 aromatic carbocycles. The Labute approximate surface area is 180 Å². The van der Waals surface area contributed by atoms with Crippen LogP contribution in [0.3, 0.4) is 0 Å². The number of fused-ring (bicyclic) bond motifs is 1. The summed E-state index contributed by atoms with van der Waals surface area (Å²) in [5, 5.41) is 3.72. The molecule has 1 N–H and O–H groups in total. The quantitative estimate of drug-likeness (QED) is 0.588. The van der Waals surface area contributed by atoms with Gasteiger partial charge in [-0.1, -0.05) is 35.9 Å². The first-order valence-corrected chi connectivity index (χ1v) is 11.1. The number of benzene rings is 3. The Morgan fingerprint density at radius 3 is 2.60 bits per heavy atom. The zero-order valence-electron chi connectivity index (χ0n) is 16.1. The zero-order chi connectivity index (χ0) is 21.1. The molecule has 0 bridgehead atoms. The van der Waals surface area contributed by atoms with Crippen molar-refractivity contribution in [2.45, 2.75) is 18.4 Å². The van der Waals surface area contributed by atoms with E-state index in [1.807, 2.05) is 25.1 Å². The van der Waals surface area contributed by atoms with Gasteiger partial charge < -0.3 is 14.8 Å². The monoisotopic (exact) mass is 442 g/mol. The Morgan fingerprint density at radius 1 is 0.967 bits per heavy atom. The third-order valence-electron chi connectivity index (χ3n) is 4.43. The van der Waals surface area contributed by atoms with Gasteiger partial charge in [0.2, 0.25) is 0 Å². The molecule has 0 saturated heterocycles. The van der Waals surface area contributed by atoms with Crippen molar-refractivity contribution >= 4 is 33.1 Å². The van der Waals surface area contributed by atoms with E-state index in [0.29, 0.717) is 41.0 Å². The Hall–Kier alpha value is -3.03. The SMILES string of the molecule is CCOc1cc(C2=NS(=O)(=O)c3ccccc3N2)ccc1OCc1cccc(Cl)c1. The van der Waals surface area contributed by atoms with Crippen LogP contribution >= 0.6 is 11.6 Å². The first-order chi connectivity index (χ1) is 14.5. The Kier molecular flexibility index (Phi) is 5.65. The number of ether oxygens (including phenoxy) is 2. The fraction of sp³-hybridized carbons (Fsp3) is 0.136. The van der Waals surface area contributed by atoms with Gasteiger partial charge in [-0.2, -0.15) is 8.42 Å². The fourth-order valence-corrected chi connectivity index (χ4v) is 4.42. The number of nitrogens with zero attached hydrogens (tertiary/aromatic N) is 1. The lowest BCUT2D eigenvalue weighted by molar-refractivity contribution is 0.269. The van der Waals surface area contributed by atoms with Crippen LogP contribution in [0.2, 0.25) is 5.02 Å². The van der Waals surface area contributed by atoms with Crippen molar-refractivity contribution in [3.63, 3.8) is 0 Å². The highest BCUT2D eigenvalue weighted by Gasteiger charge is 2.25. The highest BCUT2D eigenvalue weighted by Crippen LogP contribution is 2.32. The van der Waals surface area contributed by atoms with Gasteiger partial charge in [-0.05, 0) is 55.0 Å². The number of amidine groups is 1. The maximum Gasteiger partial charge on any atom is 0.286 e. The highest BCUT2D eigenvalue weighted by atomic mass is 35.5. The van der Waals surface area contributed by atoms with Gasteiger partial charge in [-0.3, -0.25) is 0 Å². The highest BCUT2D eigenvalue weighted by molar-refractivity contribution is 7.90. The van der Waals surface area contributed by atoms with Gasteiger partial charge in [0.1, 0.15) is 11.5 Å². The van der Waals surface area contributed by atoms with Crippen LogP contribution in [-0.4, -0.2) is 20.9 Å². The minimum Gasteiger partial charge on any atom is -0.490 e. The average Bonchev–Trinajstić information content (AvgIpc) is 2.72. The van der Waals surface area contributed by atoms with E-state index in [9.17, 15) is 8.42 Å². The molecule has 1 aliphatic rings. The Balaban J connectivity index is 1.63. The number of sulfonamides is 1. The third-order valence-corrected chi connectivity index (χ3v) is 6.00. The van der Waals surface area contributed by atoms with Gasteiger partial charge in [0.05, 0.1) is 12.3 Å². The van der Waals surface area contributed by atoms with Crippen LogP contribution in [0.1, 0.15) is 18.1 Å². The molecule has 6 nitrogen and oxygen atoms in total. The molecule has 4 rings (SSSR count). The van der Waals surface area contributed by atoms with Gasteiger partial charge in [0.25, 0.3) is 10.0 Å². The van der Waals surface area contributed by atoms with Crippen LogP contribution < -0.4 is 14.8 Å². The molecule has 0 unspecified atom stereocenters. The second-order valence-electron chi connectivity index (χ2n) is 6.55. The largest absolute Gasteiger partial charge is 0.490 e. The number of rotatable bonds is 6. The zero-order valence-corrected chi connectivity index (χ0v) is 17.7. The Bertz CT molecular complexity index is 1230. The summed E-state index contributed by atoms with van der Waals surface area (Å²) in [6.07, 6.45) is 0. The summed E-state index contributed by atoms with van der Waals surface area (Å²) >= 11 is 6.02. The molecule has 8 heteroatoms. The molecule has 30 heavy (non-hydrogen) atoms. The summed E-state index contributed by atoms with van der Waals surface area (Å²) in [5.74, 6) is 1.27. The lowest BCUT2D eigenvalue weighted by Crippen LogP contribution is -2.22. The van der Waals surface area contributed by atoms with Crippen LogP contribution in [0.4, 0.5) is 5.69 Å². The molecule has 1 aliphatic heterocycles. The van der Waals surface area contributed by atoms with Crippen molar-refractivity contribution in [1.29, 1.82) is 0 Å². The molecule has 3 aromatic rings. The normalized spacial score (nSPS) is 14.3. The Morgan fingerprint density at radius 2 is 1.80 bits per heavy atom. The second-order valence-corrected chi connectivity index (χ2v) is 8.56. The van der Waals surface area contributed by atoms with Crippen LogP contribution in [0.5, 0.6) is 11.5 Å². The van der Waals surface area contributed by atoms with Crippen LogP contribution in [0.15, 0.2) is 76.0 Å². The van der Waals surface area contributed by atoms with E-state index >= 15 is 0 Å². The number of nitrogens with one attached hydrogen (secondary N) is 1. The minimum absolute atomic E-state index is 0.153. The summed E-state index contributed by atoms with van der Waals surface area (Å²) < 4.78 is 40.6. The second kappa shape index (κ2) is 8.38. The third kappa shape index (κ3) is 4.27. The maximum absolute atomic E-state index is 12.5. The summed E-state index contributed by atoms with van der Waals surface area (Å²) in [5.41, 5.74) is 1.99. The van der Waals surface area contributed by atoms with Crippen LogP contribution in [0.25, 0.3) is 0 Å². The molecule has 0 amide bonds. The van der Waals surface area contributed by atoms with E-state index in [2.05, 4.69) is 9.71 Å². The molecular formula is C22H19ClN2O4S. The van der Waals surface area contributed by atoms with E-state index in [4.69, 9.17) is 21.1 Å². The van der Waals surface area contributed by atoms with Crippen molar-refractivity contribution in [3.05, 3.63) is 82.9 Å². The van der Waals surface area contributed by atoms with Gasteiger partial charge >= 0.3 is 0 Å². The van der Waals surface area contributed by atoms with Gasteiger partial charge in [0, 0.05) is 10.6 Å². The molecule has 1 heterocycles. The number of anilines is 1. The number of halogens is 1. The molecule has 0 spiro atoms. The van der Waals surface area contributed by atoms with E-state index < -0.39 is 10.0 Å². The summed E-state index contributed by atoms with van der Waals surface area (Å²) in [7, 11) is -3.78. The lowest BCUT2D eigenvalue weighted by atomic mass is 10.1. The van der Waals surface area contributed by atoms with Crippen molar-refractivity contribution in [1.82, 2.24) is 0 Å². The fourth-order valence-electron chi connectivity index (χ4n) is 3.07. The van der Waals surface area contributed by atoms with Crippen molar-refractivity contribution in [2.24, 2.45) is 4.40 Å². The average molecular weight is 443 g/mol. The molecular weight excluding hydrogens is 424 g/mol. The molecule has 0 aliphatic carbocycles. The summed E-state index contributed by atoms with van der Waals surface area (Å²) in [4.78, 5) is 0.153. The number of hydrogen-bond acceptors (Lipinski definition) is 5. The molecule has 154 valence electrons. The van der Waals surface area contributed by atoms with E-state index in [-0.39, 0.29) is 10.7 Å². The van der Waals surface area contributed by atoms with Crippen LogP contribution in [-0.2, 0) is 16.6 Å². The van der Waals surface area contributed by atoms with Crippen LogP contribution in [0, 0.1) is 0 Å². The number of hydrogen-bond donors (Lipinski definition) is 1. The molecule has 0 aromatic heterocycles.